The van der Waals surface area contributed by atoms with Gasteiger partial charge in [0.05, 0.1) is 21.9 Å². The molecule has 1 aliphatic rings. The third-order valence-electron chi connectivity index (χ3n) is 5.17. The summed E-state index contributed by atoms with van der Waals surface area (Å²) >= 11 is 6.34. The Hall–Kier alpha value is -2.32. The van der Waals surface area contributed by atoms with Gasteiger partial charge in [-0.1, -0.05) is 11.6 Å². The van der Waals surface area contributed by atoms with Gasteiger partial charge >= 0.3 is 6.18 Å². The lowest BCUT2D eigenvalue weighted by atomic mass is 9.77. The SMILES string of the molecule is Cc1cc(C(F)(F)F)cc(O)c1-c1cc2c(Cl)cn(C3CC(C)(O)C3)c2nn1. The Labute approximate surface area is 163 Å². The van der Waals surface area contributed by atoms with E-state index in [0.717, 1.165) is 6.07 Å². The second-order valence-corrected chi connectivity index (χ2v) is 8.00. The molecule has 2 N–H and O–H groups in total. The molecular weight excluding hydrogens is 395 g/mol. The van der Waals surface area contributed by atoms with Crippen molar-refractivity contribution in [3.05, 3.63) is 40.5 Å². The number of aromatic hydroxyl groups is 1. The Balaban J connectivity index is 1.78. The van der Waals surface area contributed by atoms with E-state index in [1.54, 1.807) is 19.2 Å². The summed E-state index contributed by atoms with van der Waals surface area (Å²) in [6.07, 6.45) is -1.71. The average molecular weight is 412 g/mol. The topological polar surface area (TPSA) is 71.2 Å². The van der Waals surface area contributed by atoms with Gasteiger partial charge in [0, 0.05) is 23.2 Å². The zero-order valence-electron chi connectivity index (χ0n) is 15.0. The van der Waals surface area contributed by atoms with Crippen molar-refractivity contribution in [2.45, 2.75) is 44.5 Å². The summed E-state index contributed by atoms with van der Waals surface area (Å²) in [4.78, 5) is 0. The molecule has 9 heteroatoms. The Morgan fingerprint density at radius 2 is 1.89 bits per heavy atom. The van der Waals surface area contributed by atoms with Crippen LogP contribution in [0, 0.1) is 6.92 Å². The standard InChI is InChI=1S/C19H17ClF3N3O2/c1-9-3-10(19(21,22)23)4-15(27)16(9)14-5-12-13(20)8-26(17(12)25-24-14)11-6-18(2,28)7-11/h3-5,8,11,27-28H,6-7H2,1-2H3. The van der Waals surface area contributed by atoms with E-state index < -0.39 is 23.1 Å². The molecule has 1 aliphatic carbocycles. The number of benzene rings is 1. The van der Waals surface area contributed by atoms with Crippen molar-refractivity contribution in [2.24, 2.45) is 0 Å². The number of phenolic OH excluding ortho intramolecular Hbond substituents is 1. The van der Waals surface area contributed by atoms with Crippen LogP contribution in [-0.4, -0.2) is 30.6 Å². The number of phenols is 1. The zero-order chi connectivity index (χ0) is 20.4. The predicted octanol–water partition coefficient (Wildman–Crippen LogP) is 4.87. The summed E-state index contributed by atoms with van der Waals surface area (Å²) in [7, 11) is 0. The molecule has 4 rings (SSSR count). The monoisotopic (exact) mass is 411 g/mol. The van der Waals surface area contributed by atoms with Gasteiger partial charge in [0.15, 0.2) is 5.65 Å². The summed E-state index contributed by atoms with van der Waals surface area (Å²) in [6, 6.07) is 3.29. The van der Waals surface area contributed by atoms with E-state index in [9.17, 15) is 23.4 Å². The molecule has 28 heavy (non-hydrogen) atoms. The molecule has 0 saturated heterocycles. The van der Waals surface area contributed by atoms with E-state index in [4.69, 9.17) is 11.6 Å². The van der Waals surface area contributed by atoms with Crippen LogP contribution >= 0.6 is 11.6 Å². The van der Waals surface area contributed by atoms with Gasteiger partial charge in [-0.3, -0.25) is 0 Å². The third kappa shape index (κ3) is 3.10. The van der Waals surface area contributed by atoms with Gasteiger partial charge in [0.2, 0.25) is 0 Å². The van der Waals surface area contributed by atoms with Crippen molar-refractivity contribution in [3.63, 3.8) is 0 Å². The second-order valence-electron chi connectivity index (χ2n) is 7.60. The molecule has 2 heterocycles. The fourth-order valence-electron chi connectivity index (χ4n) is 3.82. The second kappa shape index (κ2) is 6.09. The highest BCUT2D eigenvalue weighted by atomic mass is 35.5. The zero-order valence-corrected chi connectivity index (χ0v) is 15.8. The Bertz CT molecular complexity index is 1060. The summed E-state index contributed by atoms with van der Waals surface area (Å²) < 4.78 is 40.7. The van der Waals surface area contributed by atoms with Gasteiger partial charge in [-0.25, -0.2) is 0 Å². The number of hydrogen-bond donors (Lipinski definition) is 2. The van der Waals surface area contributed by atoms with Crippen molar-refractivity contribution in [1.82, 2.24) is 14.8 Å². The molecular formula is C19H17ClF3N3O2. The van der Waals surface area contributed by atoms with Crippen molar-refractivity contribution in [2.75, 3.05) is 0 Å². The molecule has 148 valence electrons. The van der Waals surface area contributed by atoms with Crippen LogP contribution in [0.2, 0.25) is 5.02 Å². The number of alkyl halides is 3. The number of aliphatic hydroxyl groups is 1. The van der Waals surface area contributed by atoms with E-state index >= 15 is 0 Å². The first kappa shape index (κ1) is 19.0. The van der Waals surface area contributed by atoms with Crippen LogP contribution < -0.4 is 0 Å². The number of halogens is 4. The van der Waals surface area contributed by atoms with Gasteiger partial charge in [-0.15, -0.1) is 10.2 Å². The highest BCUT2D eigenvalue weighted by molar-refractivity contribution is 6.35. The predicted molar refractivity (Wildman–Crippen MR) is 98.3 cm³/mol. The first-order valence-corrected chi connectivity index (χ1v) is 9.01. The minimum absolute atomic E-state index is 0.0476. The van der Waals surface area contributed by atoms with Crippen molar-refractivity contribution >= 4 is 22.6 Å². The maximum Gasteiger partial charge on any atom is 0.416 e. The van der Waals surface area contributed by atoms with Crippen molar-refractivity contribution in [3.8, 4) is 17.0 Å². The molecule has 3 aromatic rings. The summed E-state index contributed by atoms with van der Waals surface area (Å²) in [6.45, 7) is 3.23. The minimum atomic E-state index is -4.55. The molecule has 1 fully saturated rings. The minimum Gasteiger partial charge on any atom is -0.507 e. The summed E-state index contributed by atoms with van der Waals surface area (Å²) in [5.41, 5.74) is -0.481. The largest absolute Gasteiger partial charge is 0.507 e. The van der Waals surface area contributed by atoms with Gasteiger partial charge in [0.25, 0.3) is 0 Å². The Kier molecular flexibility index (Phi) is 4.13. The number of hydrogen-bond acceptors (Lipinski definition) is 4. The smallest absolute Gasteiger partial charge is 0.416 e. The van der Waals surface area contributed by atoms with Gasteiger partial charge in [-0.05, 0) is 50.5 Å². The number of nitrogens with zero attached hydrogens (tertiary/aromatic N) is 3. The van der Waals surface area contributed by atoms with Crippen LogP contribution in [0.5, 0.6) is 5.75 Å². The first-order valence-electron chi connectivity index (χ1n) is 8.63. The number of rotatable bonds is 2. The highest BCUT2D eigenvalue weighted by Gasteiger charge is 2.40. The first-order chi connectivity index (χ1) is 13.0. The lowest BCUT2D eigenvalue weighted by Gasteiger charge is -2.41. The lowest BCUT2D eigenvalue weighted by Crippen LogP contribution is -2.41. The molecule has 0 radical (unpaired) electrons. The summed E-state index contributed by atoms with van der Waals surface area (Å²) in [5.74, 6) is -0.522. The number of fused-ring (bicyclic) bond motifs is 1. The van der Waals surface area contributed by atoms with E-state index in [2.05, 4.69) is 10.2 Å². The summed E-state index contributed by atoms with van der Waals surface area (Å²) in [5, 5.41) is 29.5. The fraction of sp³-hybridized carbons (Fsp3) is 0.368. The Morgan fingerprint density at radius 1 is 1.21 bits per heavy atom. The van der Waals surface area contributed by atoms with E-state index in [1.807, 2.05) is 4.57 Å². The number of aromatic nitrogens is 3. The molecule has 2 aromatic heterocycles. The average Bonchev–Trinajstić information content (AvgIpc) is 2.87. The molecule has 0 amide bonds. The third-order valence-corrected chi connectivity index (χ3v) is 5.47. The van der Waals surface area contributed by atoms with Crippen LogP contribution in [0.25, 0.3) is 22.3 Å². The van der Waals surface area contributed by atoms with Crippen molar-refractivity contribution < 1.29 is 23.4 Å². The highest BCUT2D eigenvalue weighted by Crippen LogP contribution is 2.44. The molecule has 1 saturated carbocycles. The van der Waals surface area contributed by atoms with Gasteiger partial charge in [-0.2, -0.15) is 13.2 Å². The van der Waals surface area contributed by atoms with E-state index in [1.165, 1.54) is 6.92 Å². The molecule has 1 aromatic carbocycles. The fourth-order valence-corrected chi connectivity index (χ4v) is 4.07. The van der Waals surface area contributed by atoms with Crippen LogP contribution in [0.1, 0.15) is 36.9 Å². The molecule has 0 aliphatic heterocycles. The normalized spacial score (nSPS) is 22.5. The van der Waals surface area contributed by atoms with Crippen LogP contribution in [-0.2, 0) is 6.18 Å². The van der Waals surface area contributed by atoms with Crippen LogP contribution in [0.3, 0.4) is 0 Å². The molecule has 0 spiro atoms. The van der Waals surface area contributed by atoms with Gasteiger partial charge in [0.1, 0.15) is 5.75 Å². The van der Waals surface area contributed by atoms with Crippen LogP contribution in [0.15, 0.2) is 24.4 Å². The quantitative estimate of drug-likeness (QED) is 0.631. The Morgan fingerprint density at radius 3 is 2.46 bits per heavy atom. The number of aryl methyl sites for hydroxylation is 1. The molecule has 0 unspecified atom stereocenters. The molecule has 5 nitrogen and oxygen atoms in total. The van der Waals surface area contributed by atoms with Crippen molar-refractivity contribution in [1.29, 1.82) is 0 Å². The van der Waals surface area contributed by atoms with E-state index in [-0.39, 0.29) is 22.9 Å². The molecule has 0 atom stereocenters. The maximum absolute atomic E-state index is 12.9. The van der Waals surface area contributed by atoms with Gasteiger partial charge < -0.3 is 14.8 Å². The maximum atomic E-state index is 12.9. The van der Waals surface area contributed by atoms with E-state index in [0.29, 0.717) is 35.0 Å². The lowest BCUT2D eigenvalue weighted by molar-refractivity contribution is -0.137. The molecule has 0 bridgehead atoms. The van der Waals surface area contributed by atoms with Crippen LogP contribution in [0.4, 0.5) is 13.2 Å².